The Morgan fingerprint density at radius 2 is 1.86 bits per heavy atom. The third-order valence-corrected chi connectivity index (χ3v) is 4.11. The molecule has 29 heavy (non-hydrogen) atoms. The minimum absolute atomic E-state index is 0.0967. The van der Waals surface area contributed by atoms with Gasteiger partial charge in [-0.25, -0.2) is 4.68 Å². The predicted molar refractivity (Wildman–Crippen MR) is 97.7 cm³/mol. The summed E-state index contributed by atoms with van der Waals surface area (Å²) in [6, 6.07) is 12.0. The summed E-state index contributed by atoms with van der Waals surface area (Å²) in [6.45, 7) is 0.216. The topological polar surface area (TPSA) is 90.1 Å². The van der Waals surface area contributed by atoms with E-state index in [1.165, 1.54) is 47.3 Å². The molecule has 2 aromatic carbocycles. The van der Waals surface area contributed by atoms with Gasteiger partial charge in [0.25, 0.3) is 11.6 Å². The van der Waals surface area contributed by atoms with E-state index >= 15 is 0 Å². The number of non-ortho nitro benzene ring substituents is 1. The summed E-state index contributed by atoms with van der Waals surface area (Å²) < 4.78 is 39.0. The van der Waals surface area contributed by atoms with E-state index in [0.717, 1.165) is 12.1 Å². The van der Waals surface area contributed by atoms with Gasteiger partial charge >= 0.3 is 6.18 Å². The van der Waals surface area contributed by atoms with Crippen molar-refractivity contribution in [2.45, 2.75) is 12.6 Å². The Kier molecular flexibility index (Phi) is 5.62. The number of hydrogen-bond acceptors (Lipinski definition) is 4. The number of benzene rings is 2. The van der Waals surface area contributed by atoms with Crippen molar-refractivity contribution in [2.24, 2.45) is 0 Å². The minimum Gasteiger partial charge on any atom is -0.350 e. The Labute approximate surface area is 162 Å². The number of amides is 1. The number of hydrogen-bond donors (Lipinski definition) is 1. The summed E-state index contributed by atoms with van der Waals surface area (Å²) in [5.41, 5.74) is 0.380. The van der Waals surface area contributed by atoms with Crippen LogP contribution in [0.25, 0.3) is 5.69 Å². The molecule has 0 saturated carbocycles. The van der Waals surface area contributed by atoms with Crippen LogP contribution in [0.2, 0.25) is 0 Å². The lowest BCUT2D eigenvalue weighted by Gasteiger charge is -2.08. The van der Waals surface area contributed by atoms with Crippen molar-refractivity contribution in [2.75, 3.05) is 6.54 Å². The molecule has 0 radical (unpaired) electrons. The van der Waals surface area contributed by atoms with E-state index < -0.39 is 22.6 Å². The molecule has 0 unspecified atom stereocenters. The Bertz CT molecular complexity index is 1030. The van der Waals surface area contributed by atoms with Gasteiger partial charge in [0.1, 0.15) is 0 Å². The molecule has 10 heteroatoms. The van der Waals surface area contributed by atoms with Crippen molar-refractivity contribution in [3.63, 3.8) is 0 Å². The van der Waals surface area contributed by atoms with Gasteiger partial charge in [0.2, 0.25) is 0 Å². The summed E-state index contributed by atoms with van der Waals surface area (Å²) in [4.78, 5) is 22.5. The summed E-state index contributed by atoms with van der Waals surface area (Å²) in [5.74, 6) is -0.457. The largest absolute Gasteiger partial charge is 0.416 e. The fraction of sp³-hybridized carbons (Fsp3) is 0.158. The molecule has 0 atom stereocenters. The number of rotatable bonds is 6. The molecule has 1 amide bonds. The van der Waals surface area contributed by atoms with Gasteiger partial charge in [0.05, 0.1) is 16.2 Å². The van der Waals surface area contributed by atoms with Crippen molar-refractivity contribution in [1.29, 1.82) is 0 Å². The summed E-state index contributed by atoms with van der Waals surface area (Å²) in [7, 11) is 0. The lowest BCUT2D eigenvalue weighted by molar-refractivity contribution is -0.384. The maximum absolute atomic E-state index is 12.6. The molecule has 3 rings (SSSR count). The number of halogens is 3. The highest BCUT2D eigenvalue weighted by Crippen LogP contribution is 2.29. The first-order chi connectivity index (χ1) is 13.7. The summed E-state index contributed by atoms with van der Waals surface area (Å²) in [5, 5.41) is 17.6. The number of aromatic nitrogens is 2. The van der Waals surface area contributed by atoms with E-state index in [1.807, 2.05) is 0 Å². The van der Waals surface area contributed by atoms with E-state index in [4.69, 9.17) is 0 Å². The average Bonchev–Trinajstić information content (AvgIpc) is 3.18. The Hall–Kier alpha value is -3.69. The van der Waals surface area contributed by atoms with Crippen LogP contribution in [0.5, 0.6) is 0 Å². The molecule has 0 bridgehead atoms. The molecule has 1 N–H and O–H groups in total. The van der Waals surface area contributed by atoms with Crippen molar-refractivity contribution >= 4 is 11.6 Å². The van der Waals surface area contributed by atoms with Crippen molar-refractivity contribution < 1.29 is 22.9 Å². The van der Waals surface area contributed by atoms with Crippen LogP contribution in [0, 0.1) is 10.1 Å². The van der Waals surface area contributed by atoms with E-state index in [0.29, 0.717) is 17.7 Å². The van der Waals surface area contributed by atoms with Crippen LogP contribution in [0.15, 0.2) is 60.8 Å². The minimum atomic E-state index is -4.38. The predicted octanol–water partition coefficient (Wildman–Crippen LogP) is 3.77. The molecular weight excluding hydrogens is 389 g/mol. The van der Waals surface area contributed by atoms with Gasteiger partial charge in [0, 0.05) is 24.9 Å². The first-order valence-electron chi connectivity index (χ1n) is 8.49. The molecule has 1 aromatic heterocycles. The van der Waals surface area contributed by atoms with Gasteiger partial charge < -0.3 is 5.32 Å². The first-order valence-corrected chi connectivity index (χ1v) is 8.49. The zero-order valence-corrected chi connectivity index (χ0v) is 14.9. The fourth-order valence-electron chi connectivity index (χ4n) is 2.61. The van der Waals surface area contributed by atoms with Crippen LogP contribution in [0.3, 0.4) is 0 Å². The van der Waals surface area contributed by atoms with Crippen LogP contribution in [0.4, 0.5) is 18.9 Å². The second-order valence-electron chi connectivity index (χ2n) is 6.12. The summed E-state index contributed by atoms with van der Waals surface area (Å²) >= 11 is 0. The quantitative estimate of drug-likeness (QED) is 0.500. The van der Waals surface area contributed by atoms with Gasteiger partial charge in [-0.05, 0) is 36.2 Å². The van der Waals surface area contributed by atoms with Crippen molar-refractivity contribution in [1.82, 2.24) is 15.1 Å². The third-order valence-electron chi connectivity index (χ3n) is 4.11. The molecule has 7 nitrogen and oxygen atoms in total. The van der Waals surface area contributed by atoms with Gasteiger partial charge in [-0.1, -0.05) is 18.2 Å². The van der Waals surface area contributed by atoms with E-state index in [2.05, 4.69) is 10.4 Å². The van der Waals surface area contributed by atoms with E-state index in [-0.39, 0.29) is 17.9 Å². The van der Waals surface area contributed by atoms with Crippen LogP contribution >= 0.6 is 0 Å². The van der Waals surface area contributed by atoms with Crippen LogP contribution in [-0.2, 0) is 12.6 Å². The first kappa shape index (κ1) is 20.1. The number of carbonyl (C=O) groups excluding carboxylic acids is 1. The van der Waals surface area contributed by atoms with Crippen LogP contribution < -0.4 is 5.32 Å². The molecule has 3 aromatic rings. The monoisotopic (exact) mass is 404 g/mol. The number of nitrogens with zero attached hydrogens (tertiary/aromatic N) is 3. The number of nitro benzene ring substituents is 1. The van der Waals surface area contributed by atoms with Crippen LogP contribution in [-0.4, -0.2) is 27.2 Å². The highest BCUT2D eigenvalue weighted by Gasteiger charge is 2.29. The molecule has 1 heterocycles. The zero-order chi connectivity index (χ0) is 21.0. The Morgan fingerprint density at radius 3 is 2.52 bits per heavy atom. The number of nitrogens with one attached hydrogen (secondary N) is 1. The van der Waals surface area contributed by atoms with Gasteiger partial charge in [0.15, 0.2) is 5.69 Å². The maximum Gasteiger partial charge on any atom is 0.416 e. The zero-order valence-electron chi connectivity index (χ0n) is 14.9. The molecule has 150 valence electrons. The lowest BCUT2D eigenvalue weighted by atomic mass is 10.1. The Morgan fingerprint density at radius 1 is 1.14 bits per heavy atom. The van der Waals surface area contributed by atoms with Crippen molar-refractivity contribution in [3.8, 4) is 5.69 Å². The number of carbonyl (C=O) groups is 1. The third kappa shape index (κ3) is 4.98. The average molecular weight is 404 g/mol. The van der Waals surface area contributed by atoms with Crippen molar-refractivity contribution in [3.05, 3.63) is 87.7 Å². The smallest absolute Gasteiger partial charge is 0.350 e. The normalized spacial score (nSPS) is 11.3. The highest BCUT2D eigenvalue weighted by atomic mass is 19.4. The number of nitro groups is 1. The standard InChI is InChI=1S/C19H15F3N4O3/c20-19(21,22)14-6-4-13(5-7-14)8-10-23-18(27)17-9-11-25(24-17)15-2-1-3-16(12-15)26(28)29/h1-7,9,11-12H,8,10H2,(H,23,27). The van der Waals surface area contributed by atoms with E-state index in [1.54, 1.807) is 6.07 Å². The Balaban J connectivity index is 1.58. The molecule has 0 aliphatic heterocycles. The van der Waals surface area contributed by atoms with Gasteiger partial charge in [-0.2, -0.15) is 18.3 Å². The van der Waals surface area contributed by atoms with Gasteiger partial charge in [-0.3, -0.25) is 14.9 Å². The molecule has 0 saturated heterocycles. The SMILES string of the molecule is O=C(NCCc1ccc(C(F)(F)F)cc1)c1ccn(-c2cccc([N+](=O)[O-])c2)n1. The molecule has 0 aliphatic carbocycles. The second kappa shape index (κ2) is 8.13. The highest BCUT2D eigenvalue weighted by molar-refractivity contribution is 5.92. The molecule has 0 aliphatic rings. The second-order valence-corrected chi connectivity index (χ2v) is 6.12. The molecule has 0 fully saturated rings. The molecule has 0 spiro atoms. The molecular formula is C19H15F3N4O3. The fourth-order valence-corrected chi connectivity index (χ4v) is 2.61. The van der Waals surface area contributed by atoms with E-state index in [9.17, 15) is 28.1 Å². The number of alkyl halides is 3. The lowest BCUT2D eigenvalue weighted by Crippen LogP contribution is -2.26. The maximum atomic E-state index is 12.6. The van der Waals surface area contributed by atoms with Crippen LogP contribution in [0.1, 0.15) is 21.6 Å². The van der Waals surface area contributed by atoms with Gasteiger partial charge in [-0.15, -0.1) is 0 Å². The summed E-state index contributed by atoms with van der Waals surface area (Å²) in [6.07, 6.45) is -2.52.